The summed E-state index contributed by atoms with van der Waals surface area (Å²) in [6.07, 6.45) is 13.8. The number of H-pyrrole nitrogens is 3. The van der Waals surface area contributed by atoms with Gasteiger partial charge in [-0.15, -0.1) is 0 Å². The third-order valence-electron chi connectivity index (χ3n) is 21.8. The number of halogens is 5. The molecular weight excluding hydrogens is 1500 g/mol. The van der Waals surface area contributed by atoms with Crippen LogP contribution in [0.2, 0.25) is 15.1 Å². The van der Waals surface area contributed by atoms with Gasteiger partial charge in [-0.3, -0.25) is 24.9 Å². The van der Waals surface area contributed by atoms with Crippen molar-refractivity contribution in [2.75, 3.05) is 110 Å². The molecule has 6 amide bonds. The van der Waals surface area contributed by atoms with Gasteiger partial charge in [0.05, 0.1) is 30.0 Å². The number of aryl methyl sites for hydroxylation is 7. The predicted molar refractivity (Wildman–Crippen MR) is 431 cm³/mol. The average Bonchev–Trinajstić information content (AvgIpc) is 0.867. The zero-order valence-electron chi connectivity index (χ0n) is 64.2. The molecule has 6 saturated heterocycles. The fourth-order valence-electron chi connectivity index (χ4n) is 15.7. The highest BCUT2D eigenvalue weighted by atomic mass is 35.5. The number of anilines is 12. The van der Waals surface area contributed by atoms with Crippen LogP contribution in [0.4, 0.5) is 88.2 Å². The molecule has 0 aliphatic carbocycles. The topological polar surface area (TPSA) is 344 Å². The molecule has 11 N–H and O–H groups in total. The molecule has 15 rings (SSSR count). The zero-order valence-corrected chi connectivity index (χ0v) is 66.4. The number of urea groups is 2. The Kier molecular flexibility index (Phi) is 25.6. The molecule has 12 heterocycles. The van der Waals surface area contributed by atoms with Crippen LogP contribution in [0.1, 0.15) is 145 Å². The smallest absolute Gasteiger partial charge is 0.328 e. The van der Waals surface area contributed by atoms with Gasteiger partial charge in [0.1, 0.15) is 26.7 Å². The lowest BCUT2D eigenvalue weighted by molar-refractivity contribution is -0.140. The normalized spacial score (nSPS) is 17.0. The first-order valence-corrected chi connectivity index (χ1v) is 39.4. The fraction of sp³-hybridized carbons (Fsp3) is 0.449. The van der Waals surface area contributed by atoms with E-state index in [9.17, 15) is 19.2 Å². The molecule has 34 heteroatoms. The lowest BCUT2D eigenvalue weighted by atomic mass is 9.85. The minimum atomic E-state index is -0.396. The summed E-state index contributed by atoms with van der Waals surface area (Å²) < 4.78 is 30.4. The van der Waals surface area contributed by atoms with E-state index in [1.54, 1.807) is 36.2 Å². The van der Waals surface area contributed by atoms with Crippen molar-refractivity contribution in [1.82, 2.24) is 95.6 Å². The van der Waals surface area contributed by atoms with E-state index in [0.29, 0.717) is 145 Å². The second kappa shape index (κ2) is 36.0. The SMILES string of the molecule is CC(=O)N1CCC(C(=O)N2CCC(c3cc(F)c(Nc4ncc(Cl)c(Nc5cc(C)[nH]n5)n4)cc3C)CC2)CC1.Cc1cc(Nc2nc(Nc3cc(C)c(C4CCN(C(=O)N5CCNC5=O)CC4)cc3C)ncc2Cl)n[nH]1.Cc1cc(Nc2nc(Nc3cc(C)c(C4CCN(C5CCNCC5)CC4)cc3F)ncc2Cl)n[nH]1. The average molecular weight is 1590 g/mol. The summed E-state index contributed by atoms with van der Waals surface area (Å²) in [6.45, 7) is 24.6. The van der Waals surface area contributed by atoms with Crippen molar-refractivity contribution in [2.45, 2.75) is 143 Å². The van der Waals surface area contributed by atoms with Gasteiger partial charge in [0, 0.05) is 112 Å². The maximum Gasteiger partial charge on any atom is 0.328 e. The van der Waals surface area contributed by atoms with Crippen molar-refractivity contribution >= 4 is 128 Å². The third kappa shape index (κ3) is 19.7. The van der Waals surface area contributed by atoms with Crippen molar-refractivity contribution in [3.63, 3.8) is 0 Å². The summed E-state index contributed by atoms with van der Waals surface area (Å²) in [5, 5.41) is 46.7. The first-order valence-electron chi connectivity index (χ1n) is 38.2. The second-order valence-electron chi connectivity index (χ2n) is 29.7. The van der Waals surface area contributed by atoms with Crippen molar-refractivity contribution in [2.24, 2.45) is 5.92 Å². The van der Waals surface area contributed by atoms with E-state index < -0.39 is 5.82 Å². The molecule has 6 aromatic heterocycles. The van der Waals surface area contributed by atoms with Gasteiger partial charge in [-0.2, -0.15) is 30.2 Å². The maximum atomic E-state index is 15.3. The van der Waals surface area contributed by atoms with E-state index in [2.05, 4.69) is 141 Å². The molecule has 6 fully saturated rings. The zero-order chi connectivity index (χ0) is 78.9. The Morgan fingerprint density at radius 1 is 0.446 bits per heavy atom. The monoisotopic (exact) mass is 1590 g/mol. The highest BCUT2D eigenvalue weighted by Crippen LogP contribution is 2.40. The first kappa shape index (κ1) is 79.7. The Hall–Kier alpha value is -10.3. The van der Waals surface area contributed by atoms with E-state index in [0.717, 1.165) is 121 Å². The van der Waals surface area contributed by atoms with Crippen LogP contribution in [0.5, 0.6) is 0 Å². The van der Waals surface area contributed by atoms with Gasteiger partial charge in [-0.05, 0) is 226 Å². The summed E-state index contributed by atoms with van der Waals surface area (Å²) in [4.78, 5) is 84.8. The van der Waals surface area contributed by atoms with Gasteiger partial charge in [0.2, 0.25) is 29.7 Å². The maximum absolute atomic E-state index is 15.3. The van der Waals surface area contributed by atoms with Crippen LogP contribution >= 0.6 is 34.8 Å². The Balaban J connectivity index is 0.000000147. The highest BCUT2D eigenvalue weighted by Gasteiger charge is 2.36. The third-order valence-corrected chi connectivity index (χ3v) is 22.6. The number of rotatable bonds is 17. The van der Waals surface area contributed by atoms with Gasteiger partial charge in [-0.25, -0.2) is 38.2 Å². The summed E-state index contributed by atoms with van der Waals surface area (Å²) in [5.41, 5.74) is 11.9. The van der Waals surface area contributed by atoms with E-state index in [4.69, 9.17) is 34.8 Å². The number of aromatic amines is 3. The molecule has 0 radical (unpaired) electrons. The molecule has 0 spiro atoms. The number of hydrogen-bond acceptors (Lipinski definition) is 21. The number of benzene rings is 3. The molecule has 592 valence electrons. The van der Waals surface area contributed by atoms with E-state index in [1.165, 1.54) is 35.7 Å². The van der Waals surface area contributed by atoms with Crippen LogP contribution in [0, 0.1) is 66.0 Å². The second-order valence-corrected chi connectivity index (χ2v) is 31.0. The molecule has 112 heavy (non-hydrogen) atoms. The van der Waals surface area contributed by atoms with Crippen molar-refractivity contribution in [1.29, 1.82) is 0 Å². The number of likely N-dealkylation sites (tertiary alicyclic amines) is 4. The Morgan fingerprint density at radius 3 is 1.24 bits per heavy atom. The molecule has 9 aromatic rings. The minimum Gasteiger partial charge on any atom is -0.343 e. The summed E-state index contributed by atoms with van der Waals surface area (Å²) in [6, 6.07) is 16.9. The van der Waals surface area contributed by atoms with Gasteiger partial charge >= 0.3 is 12.1 Å². The lowest BCUT2D eigenvalue weighted by Gasteiger charge is -2.40. The van der Waals surface area contributed by atoms with Crippen LogP contribution in [0.15, 0.2) is 73.2 Å². The Bertz CT molecular complexity index is 4850. The number of imide groups is 1. The molecule has 0 saturated carbocycles. The number of carbonyl (C=O) groups is 4. The lowest BCUT2D eigenvalue weighted by Crippen LogP contribution is -2.47. The van der Waals surface area contributed by atoms with E-state index >= 15 is 8.78 Å². The molecule has 6 aliphatic heterocycles. The van der Waals surface area contributed by atoms with E-state index in [1.807, 2.05) is 61.8 Å². The largest absolute Gasteiger partial charge is 0.343 e. The number of piperidine rings is 5. The van der Waals surface area contributed by atoms with Crippen LogP contribution in [-0.4, -0.2) is 193 Å². The van der Waals surface area contributed by atoms with Crippen LogP contribution in [0.3, 0.4) is 0 Å². The van der Waals surface area contributed by atoms with Gasteiger partial charge in [-0.1, -0.05) is 40.9 Å². The highest BCUT2D eigenvalue weighted by molar-refractivity contribution is 6.33. The van der Waals surface area contributed by atoms with E-state index in [-0.39, 0.29) is 59.1 Å². The van der Waals surface area contributed by atoms with Crippen molar-refractivity contribution in [3.8, 4) is 0 Å². The standard InChI is InChI=1S/C28H34ClFN8O2.C25H32ClFN8.C25H30ClN9O2/c1-16-12-24(32-28-31-15-22(29)26(34-28)33-25-13-17(2)35-36-25)23(30)14-21(16)19-4-10-38(11-5-19)27(40)20-6-8-37(9-7-20)18(3)39;1-15-11-22(30-25-29-14-20(26)24(32-25)31-23-12-16(2)33-34-23)21(27)13-19(15)17-5-9-35(10-6-17)18-3-7-28-8-4-18;1-14-11-20(29-23-28-13-19(26)22(31-23)30-21-12-16(3)32-33-21)15(2)10-18(14)17-4-7-34(8-5-17)25(37)35-9-6-27-24(35)36/h12-15,19-20H,4-11H2,1-3H3,(H3,31,32,33,34,35,36);11-14,17-18,28H,3-10H2,1-2H3,(H3,29,30,31,32,33,34);10-13,17H,4-9H2,1-3H3,(H,27,36)(H3,28,29,30,31,32,33). The van der Waals surface area contributed by atoms with Crippen molar-refractivity contribution in [3.05, 3.63) is 156 Å². The van der Waals surface area contributed by atoms with Crippen LogP contribution in [0.25, 0.3) is 0 Å². The summed E-state index contributed by atoms with van der Waals surface area (Å²) >= 11 is 18.8. The number of hydrogen-bond donors (Lipinski definition) is 11. The molecule has 3 aromatic carbocycles. The number of aromatic nitrogens is 12. The first-order chi connectivity index (χ1) is 53.9. The molecule has 0 unspecified atom stereocenters. The molecule has 0 bridgehead atoms. The fourth-order valence-corrected chi connectivity index (χ4v) is 16.1. The summed E-state index contributed by atoms with van der Waals surface area (Å²) in [7, 11) is 0. The predicted octanol–water partition coefficient (Wildman–Crippen LogP) is 14.7. The number of nitrogens with one attached hydrogen (secondary N) is 11. The Labute approximate surface area is 664 Å². The Morgan fingerprint density at radius 2 is 0.839 bits per heavy atom. The van der Waals surface area contributed by atoms with Gasteiger partial charge in [0.15, 0.2) is 34.9 Å². The van der Waals surface area contributed by atoms with Gasteiger partial charge in [0.25, 0.3) is 0 Å². The quantitative estimate of drug-likeness (QED) is 0.0403. The van der Waals surface area contributed by atoms with Crippen LogP contribution in [-0.2, 0) is 9.59 Å². The molecule has 29 nitrogen and oxygen atoms in total. The number of amides is 6. The van der Waals surface area contributed by atoms with Crippen molar-refractivity contribution < 1.29 is 28.0 Å². The minimum absolute atomic E-state index is 0.0223. The molecular formula is C78H96Cl3F2N25O4. The van der Waals surface area contributed by atoms with Gasteiger partial charge < -0.3 is 62.1 Å². The molecule has 6 aliphatic rings. The number of nitrogens with zero attached hydrogens (tertiary/aromatic N) is 14. The summed E-state index contributed by atoms with van der Waals surface area (Å²) in [5.74, 6) is 4.29. The molecule has 0 atom stereocenters. The van der Waals surface area contributed by atoms with Crippen LogP contribution < -0.4 is 42.5 Å². The number of carbonyl (C=O) groups excluding carboxylic acids is 4.